The number of amides is 2. The predicted octanol–water partition coefficient (Wildman–Crippen LogP) is 1.09. The van der Waals surface area contributed by atoms with Crippen molar-refractivity contribution in [3.8, 4) is 0 Å². The second-order valence-electron chi connectivity index (χ2n) is 6.38. The summed E-state index contributed by atoms with van der Waals surface area (Å²) >= 11 is 0. The molecule has 2 fully saturated rings. The summed E-state index contributed by atoms with van der Waals surface area (Å²) in [6.07, 6.45) is 4.91. The van der Waals surface area contributed by atoms with Crippen LogP contribution < -0.4 is 0 Å². The molecule has 7 heteroatoms. The smallest absolute Gasteiger partial charge is 0.242 e. The number of hydrogen-bond donors (Lipinski definition) is 0. The number of carbonyl (C=O) groups excluding carboxylic acids is 2. The van der Waals surface area contributed by atoms with E-state index in [9.17, 15) is 9.59 Å². The van der Waals surface area contributed by atoms with Gasteiger partial charge in [0.05, 0.1) is 19.7 Å². The minimum atomic E-state index is -0.303. The topological polar surface area (TPSA) is 75.6 Å². The van der Waals surface area contributed by atoms with E-state index in [2.05, 4.69) is 9.97 Å². The fraction of sp³-hybridized carbons (Fsp3) is 0.647. The standard InChI is InChI=1S/C17H24N4O3/c1-13-6-7-18-17(19-13)14-11-21(9-10-24-14)16(23)12-20-8-4-2-3-5-15(20)22/h6-7,14H,2-5,8-12H2,1H3/t14-/m0/s1. The highest BCUT2D eigenvalue weighted by Crippen LogP contribution is 2.20. The van der Waals surface area contributed by atoms with Gasteiger partial charge in [-0.05, 0) is 25.8 Å². The Morgan fingerprint density at radius 3 is 3.04 bits per heavy atom. The highest BCUT2D eigenvalue weighted by molar-refractivity contribution is 5.85. The molecule has 0 aromatic carbocycles. The number of ether oxygens (including phenoxy) is 1. The molecule has 130 valence electrons. The third kappa shape index (κ3) is 4.08. The van der Waals surface area contributed by atoms with Crippen LogP contribution in [0.15, 0.2) is 12.3 Å². The third-order valence-corrected chi connectivity index (χ3v) is 4.52. The van der Waals surface area contributed by atoms with Crippen LogP contribution in [0.5, 0.6) is 0 Å². The first-order valence-electron chi connectivity index (χ1n) is 8.60. The van der Waals surface area contributed by atoms with Crippen LogP contribution in [0.1, 0.15) is 43.3 Å². The zero-order chi connectivity index (χ0) is 16.9. The molecular formula is C17H24N4O3. The molecule has 2 aliphatic heterocycles. The molecule has 0 saturated carbocycles. The normalized spacial score (nSPS) is 22.4. The van der Waals surface area contributed by atoms with E-state index in [1.54, 1.807) is 16.0 Å². The minimum absolute atomic E-state index is 0.0220. The van der Waals surface area contributed by atoms with Gasteiger partial charge in [0.1, 0.15) is 6.10 Å². The summed E-state index contributed by atoms with van der Waals surface area (Å²) in [6, 6.07) is 1.83. The number of aromatic nitrogens is 2. The molecule has 3 rings (SSSR count). The third-order valence-electron chi connectivity index (χ3n) is 4.52. The van der Waals surface area contributed by atoms with E-state index in [1.807, 2.05) is 13.0 Å². The lowest BCUT2D eigenvalue weighted by Crippen LogP contribution is -2.48. The molecule has 0 aliphatic carbocycles. The van der Waals surface area contributed by atoms with E-state index in [0.29, 0.717) is 38.5 Å². The van der Waals surface area contributed by atoms with Crippen LogP contribution >= 0.6 is 0 Å². The Kier molecular flexibility index (Phi) is 5.40. The van der Waals surface area contributed by atoms with Crippen molar-refractivity contribution in [2.75, 3.05) is 32.8 Å². The summed E-state index contributed by atoms with van der Waals surface area (Å²) in [5.41, 5.74) is 0.877. The van der Waals surface area contributed by atoms with Crippen molar-refractivity contribution in [1.29, 1.82) is 0 Å². The molecule has 0 bridgehead atoms. The van der Waals surface area contributed by atoms with Gasteiger partial charge < -0.3 is 14.5 Å². The molecule has 3 heterocycles. The van der Waals surface area contributed by atoms with E-state index in [0.717, 1.165) is 25.0 Å². The van der Waals surface area contributed by atoms with Crippen LogP contribution in [0.25, 0.3) is 0 Å². The first kappa shape index (κ1) is 16.8. The van der Waals surface area contributed by atoms with Crippen molar-refractivity contribution in [2.24, 2.45) is 0 Å². The highest BCUT2D eigenvalue weighted by atomic mass is 16.5. The minimum Gasteiger partial charge on any atom is -0.367 e. The number of nitrogens with zero attached hydrogens (tertiary/aromatic N) is 4. The van der Waals surface area contributed by atoms with Crippen molar-refractivity contribution in [1.82, 2.24) is 19.8 Å². The Morgan fingerprint density at radius 1 is 1.33 bits per heavy atom. The van der Waals surface area contributed by atoms with Gasteiger partial charge in [-0.2, -0.15) is 0 Å². The van der Waals surface area contributed by atoms with Crippen molar-refractivity contribution in [3.05, 3.63) is 23.8 Å². The summed E-state index contributed by atoms with van der Waals surface area (Å²) < 4.78 is 5.73. The van der Waals surface area contributed by atoms with Gasteiger partial charge in [-0.15, -0.1) is 0 Å². The van der Waals surface area contributed by atoms with E-state index in [-0.39, 0.29) is 24.5 Å². The molecule has 24 heavy (non-hydrogen) atoms. The average molecular weight is 332 g/mol. The zero-order valence-corrected chi connectivity index (χ0v) is 14.1. The Hall–Kier alpha value is -2.02. The molecule has 1 atom stereocenters. The van der Waals surface area contributed by atoms with Crippen LogP contribution in [-0.4, -0.2) is 64.4 Å². The van der Waals surface area contributed by atoms with Gasteiger partial charge in [-0.1, -0.05) is 6.42 Å². The Balaban J connectivity index is 1.61. The van der Waals surface area contributed by atoms with Gasteiger partial charge in [0.25, 0.3) is 0 Å². The lowest BCUT2D eigenvalue weighted by molar-refractivity contribution is -0.145. The predicted molar refractivity (Wildman–Crippen MR) is 87.1 cm³/mol. The largest absolute Gasteiger partial charge is 0.367 e. The molecule has 0 N–H and O–H groups in total. The van der Waals surface area contributed by atoms with Gasteiger partial charge in [0, 0.05) is 31.4 Å². The lowest BCUT2D eigenvalue weighted by Gasteiger charge is -2.33. The van der Waals surface area contributed by atoms with E-state index < -0.39 is 0 Å². The van der Waals surface area contributed by atoms with Crippen LogP contribution in [0.3, 0.4) is 0 Å². The van der Waals surface area contributed by atoms with Crippen molar-refractivity contribution >= 4 is 11.8 Å². The molecule has 0 unspecified atom stereocenters. The van der Waals surface area contributed by atoms with Crippen LogP contribution in [0.4, 0.5) is 0 Å². The molecule has 1 aromatic heterocycles. The average Bonchev–Trinajstić information content (AvgIpc) is 2.80. The fourth-order valence-corrected chi connectivity index (χ4v) is 3.12. The molecule has 1 aromatic rings. The number of aryl methyl sites for hydroxylation is 1. The fourth-order valence-electron chi connectivity index (χ4n) is 3.12. The van der Waals surface area contributed by atoms with E-state index in [1.165, 1.54) is 0 Å². The SMILES string of the molecule is Cc1ccnc([C@@H]2CN(C(=O)CN3CCCCCC3=O)CCO2)n1. The number of rotatable bonds is 3. The maximum Gasteiger partial charge on any atom is 0.242 e. The van der Waals surface area contributed by atoms with Gasteiger partial charge in [0.15, 0.2) is 5.82 Å². The summed E-state index contributed by atoms with van der Waals surface area (Å²) in [5.74, 6) is 0.678. The van der Waals surface area contributed by atoms with E-state index >= 15 is 0 Å². The van der Waals surface area contributed by atoms with Crippen LogP contribution in [0.2, 0.25) is 0 Å². The lowest BCUT2D eigenvalue weighted by atomic mass is 10.2. The number of likely N-dealkylation sites (tertiary alicyclic amines) is 1. The highest BCUT2D eigenvalue weighted by Gasteiger charge is 2.29. The molecule has 2 amide bonds. The summed E-state index contributed by atoms with van der Waals surface area (Å²) in [7, 11) is 0. The molecule has 0 spiro atoms. The van der Waals surface area contributed by atoms with Gasteiger partial charge >= 0.3 is 0 Å². The monoisotopic (exact) mass is 332 g/mol. The zero-order valence-electron chi connectivity index (χ0n) is 14.1. The Morgan fingerprint density at radius 2 is 2.21 bits per heavy atom. The van der Waals surface area contributed by atoms with E-state index in [4.69, 9.17) is 4.74 Å². The molecule has 7 nitrogen and oxygen atoms in total. The van der Waals surface area contributed by atoms with Gasteiger partial charge in [0.2, 0.25) is 11.8 Å². The molecular weight excluding hydrogens is 308 g/mol. The second kappa shape index (κ2) is 7.70. The van der Waals surface area contributed by atoms with Gasteiger partial charge in [-0.3, -0.25) is 9.59 Å². The van der Waals surface area contributed by atoms with Crippen molar-refractivity contribution in [3.63, 3.8) is 0 Å². The van der Waals surface area contributed by atoms with Gasteiger partial charge in [-0.25, -0.2) is 9.97 Å². The number of carbonyl (C=O) groups is 2. The first-order valence-corrected chi connectivity index (χ1v) is 8.60. The Labute approximate surface area is 142 Å². The van der Waals surface area contributed by atoms with Crippen LogP contribution in [0, 0.1) is 6.92 Å². The first-order chi connectivity index (χ1) is 11.6. The van der Waals surface area contributed by atoms with Crippen LogP contribution in [-0.2, 0) is 14.3 Å². The maximum atomic E-state index is 12.6. The summed E-state index contributed by atoms with van der Waals surface area (Å²) in [4.78, 5) is 36.8. The van der Waals surface area contributed by atoms with Crippen molar-refractivity contribution in [2.45, 2.75) is 38.7 Å². The maximum absolute atomic E-state index is 12.6. The molecule has 2 saturated heterocycles. The quantitative estimate of drug-likeness (QED) is 0.828. The Bertz CT molecular complexity index is 607. The number of morpholine rings is 1. The van der Waals surface area contributed by atoms with Crippen molar-refractivity contribution < 1.29 is 14.3 Å². The molecule has 0 radical (unpaired) electrons. The summed E-state index contributed by atoms with van der Waals surface area (Å²) in [6.45, 7) is 4.19. The number of hydrogen-bond acceptors (Lipinski definition) is 5. The molecule has 2 aliphatic rings. The second-order valence-corrected chi connectivity index (χ2v) is 6.38. The summed E-state index contributed by atoms with van der Waals surface area (Å²) in [5, 5.41) is 0.